The largest absolute Gasteiger partial charge is 0.493 e. The monoisotopic (exact) mass is 413 g/mol. The molecule has 0 aliphatic heterocycles. The van der Waals surface area contributed by atoms with Crippen molar-refractivity contribution in [3.63, 3.8) is 0 Å². The molecule has 1 amide bonds. The van der Waals surface area contributed by atoms with Crippen LogP contribution in [-0.2, 0) is 17.8 Å². The number of carbonyl (C=O) groups excluding carboxylic acids is 1. The van der Waals surface area contributed by atoms with Crippen molar-refractivity contribution in [2.75, 3.05) is 12.4 Å². The summed E-state index contributed by atoms with van der Waals surface area (Å²) in [6, 6.07) is 21.0. The van der Waals surface area contributed by atoms with E-state index in [1.807, 2.05) is 65.5 Å². The summed E-state index contributed by atoms with van der Waals surface area (Å²) < 4.78 is 13.3. The predicted octanol–water partition coefficient (Wildman–Crippen LogP) is 4.64. The molecule has 31 heavy (non-hydrogen) atoms. The van der Waals surface area contributed by atoms with Crippen LogP contribution < -0.4 is 14.8 Å². The Labute approximate surface area is 181 Å². The van der Waals surface area contributed by atoms with Gasteiger partial charge >= 0.3 is 0 Å². The predicted molar refractivity (Wildman–Crippen MR) is 120 cm³/mol. The molecule has 6 nitrogen and oxygen atoms in total. The zero-order valence-corrected chi connectivity index (χ0v) is 17.2. The summed E-state index contributed by atoms with van der Waals surface area (Å²) in [5.41, 5.74) is 3.64. The lowest BCUT2D eigenvalue weighted by Crippen LogP contribution is -2.14. The van der Waals surface area contributed by atoms with Crippen molar-refractivity contribution in [3.8, 4) is 17.2 Å². The Morgan fingerprint density at radius 2 is 1.68 bits per heavy atom. The second-order valence-electron chi connectivity index (χ2n) is 6.99. The van der Waals surface area contributed by atoms with E-state index in [1.54, 1.807) is 37.7 Å². The summed E-state index contributed by atoms with van der Waals surface area (Å²) >= 11 is 0. The quantitative estimate of drug-likeness (QED) is 0.457. The molecule has 4 aromatic rings. The first-order valence-corrected chi connectivity index (χ1v) is 9.93. The van der Waals surface area contributed by atoms with Crippen LogP contribution in [0.25, 0.3) is 5.69 Å². The molecule has 0 unspecified atom stereocenters. The average Bonchev–Trinajstić information content (AvgIpc) is 3.34. The number of ether oxygens (including phenoxy) is 2. The number of aromatic nitrogens is 2. The van der Waals surface area contributed by atoms with Crippen LogP contribution >= 0.6 is 0 Å². The normalized spacial score (nSPS) is 10.5. The molecule has 4 rings (SSSR count). The topological polar surface area (TPSA) is 65.4 Å². The van der Waals surface area contributed by atoms with E-state index in [4.69, 9.17) is 9.47 Å². The van der Waals surface area contributed by atoms with Gasteiger partial charge in [0.1, 0.15) is 6.61 Å². The Bertz CT molecular complexity index is 1120. The minimum atomic E-state index is -0.0982. The fourth-order valence-electron chi connectivity index (χ4n) is 3.19. The van der Waals surface area contributed by atoms with E-state index in [2.05, 4.69) is 10.3 Å². The molecule has 1 N–H and O–H groups in total. The number of anilines is 1. The second kappa shape index (κ2) is 9.63. The standard InChI is InChI=1S/C25H23N3O3/c1-30-23-9-6-21(17-24(23)31-18-20-10-12-26-13-11-20)27-25(29)16-19-4-7-22(8-5-19)28-14-2-3-15-28/h2-15,17H,16,18H2,1H3,(H,27,29). The third kappa shape index (κ3) is 5.30. The summed E-state index contributed by atoms with van der Waals surface area (Å²) in [5.74, 6) is 1.07. The van der Waals surface area contributed by atoms with Crippen molar-refractivity contribution in [1.29, 1.82) is 0 Å². The highest BCUT2D eigenvalue weighted by Gasteiger charge is 2.10. The van der Waals surface area contributed by atoms with Crippen molar-refractivity contribution in [2.45, 2.75) is 13.0 Å². The molecule has 0 fully saturated rings. The molecule has 0 aliphatic rings. The summed E-state index contributed by atoms with van der Waals surface area (Å²) in [4.78, 5) is 16.5. The average molecular weight is 413 g/mol. The molecule has 0 aliphatic carbocycles. The van der Waals surface area contributed by atoms with Crippen molar-refractivity contribution < 1.29 is 14.3 Å². The number of benzene rings is 2. The maximum absolute atomic E-state index is 12.5. The van der Waals surface area contributed by atoms with Crippen LogP contribution in [0.15, 0.2) is 91.5 Å². The lowest BCUT2D eigenvalue weighted by Gasteiger charge is -2.13. The molecular formula is C25H23N3O3. The zero-order valence-electron chi connectivity index (χ0n) is 17.2. The number of nitrogens with one attached hydrogen (secondary N) is 1. The fraction of sp³-hybridized carbons (Fsp3) is 0.120. The van der Waals surface area contributed by atoms with Gasteiger partial charge < -0.3 is 19.4 Å². The zero-order chi connectivity index (χ0) is 21.5. The number of nitrogens with zero attached hydrogens (tertiary/aromatic N) is 2. The Hall–Kier alpha value is -4.06. The Morgan fingerprint density at radius 3 is 2.39 bits per heavy atom. The Balaban J connectivity index is 1.39. The third-order valence-corrected chi connectivity index (χ3v) is 4.79. The summed E-state index contributed by atoms with van der Waals surface area (Å²) in [5, 5.41) is 2.93. The number of carbonyl (C=O) groups is 1. The van der Waals surface area contributed by atoms with Crippen LogP contribution in [0.3, 0.4) is 0 Å². The molecule has 0 atom stereocenters. The molecule has 6 heteroatoms. The lowest BCUT2D eigenvalue weighted by atomic mass is 10.1. The van der Waals surface area contributed by atoms with Crippen LogP contribution in [0.1, 0.15) is 11.1 Å². The van der Waals surface area contributed by atoms with Gasteiger partial charge in [0.25, 0.3) is 0 Å². The lowest BCUT2D eigenvalue weighted by molar-refractivity contribution is -0.115. The molecule has 156 valence electrons. The number of amides is 1. The molecule has 0 bridgehead atoms. The van der Waals surface area contributed by atoms with Crippen LogP contribution in [0.5, 0.6) is 11.5 Å². The fourth-order valence-corrected chi connectivity index (χ4v) is 3.19. The molecule has 2 aromatic carbocycles. The summed E-state index contributed by atoms with van der Waals surface area (Å²) in [7, 11) is 1.59. The highest BCUT2D eigenvalue weighted by molar-refractivity contribution is 5.92. The summed E-state index contributed by atoms with van der Waals surface area (Å²) in [6.07, 6.45) is 7.69. The van der Waals surface area contributed by atoms with E-state index in [0.29, 0.717) is 23.8 Å². The van der Waals surface area contributed by atoms with Gasteiger partial charge in [-0.1, -0.05) is 12.1 Å². The summed E-state index contributed by atoms with van der Waals surface area (Å²) in [6.45, 7) is 0.379. The van der Waals surface area contributed by atoms with Crippen molar-refractivity contribution in [1.82, 2.24) is 9.55 Å². The molecule has 2 heterocycles. The second-order valence-corrected chi connectivity index (χ2v) is 6.99. The number of rotatable bonds is 8. The van der Waals surface area contributed by atoms with Crippen LogP contribution in [-0.4, -0.2) is 22.6 Å². The Morgan fingerprint density at radius 1 is 0.935 bits per heavy atom. The highest BCUT2D eigenvalue weighted by atomic mass is 16.5. The van der Waals surface area contributed by atoms with Gasteiger partial charge in [-0.05, 0) is 59.7 Å². The first kappa shape index (κ1) is 20.2. The molecular weight excluding hydrogens is 390 g/mol. The maximum atomic E-state index is 12.5. The van der Waals surface area contributed by atoms with Crippen molar-refractivity contribution >= 4 is 11.6 Å². The minimum Gasteiger partial charge on any atom is -0.493 e. The van der Waals surface area contributed by atoms with Gasteiger partial charge in [0.2, 0.25) is 5.91 Å². The first-order chi connectivity index (χ1) is 15.2. The Kier molecular flexibility index (Phi) is 6.28. The van der Waals surface area contributed by atoms with Gasteiger partial charge in [-0.3, -0.25) is 9.78 Å². The van der Waals surface area contributed by atoms with Gasteiger partial charge in [0.05, 0.1) is 13.5 Å². The van der Waals surface area contributed by atoms with Crippen LogP contribution in [0.2, 0.25) is 0 Å². The number of pyridine rings is 1. The van der Waals surface area contributed by atoms with Crippen molar-refractivity contribution in [2.24, 2.45) is 0 Å². The van der Waals surface area contributed by atoms with Gasteiger partial charge in [-0.2, -0.15) is 0 Å². The molecule has 0 radical (unpaired) electrons. The molecule has 0 spiro atoms. The SMILES string of the molecule is COc1ccc(NC(=O)Cc2ccc(-n3cccc3)cc2)cc1OCc1ccncc1. The highest BCUT2D eigenvalue weighted by Crippen LogP contribution is 2.31. The minimum absolute atomic E-state index is 0.0982. The van der Waals surface area contributed by atoms with E-state index in [0.717, 1.165) is 16.8 Å². The van der Waals surface area contributed by atoms with Crippen LogP contribution in [0, 0.1) is 0 Å². The third-order valence-electron chi connectivity index (χ3n) is 4.79. The first-order valence-electron chi connectivity index (χ1n) is 9.93. The smallest absolute Gasteiger partial charge is 0.228 e. The van der Waals surface area contributed by atoms with Gasteiger partial charge in [-0.15, -0.1) is 0 Å². The van der Waals surface area contributed by atoms with Crippen LogP contribution in [0.4, 0.5) is 5.69 Å². The number of hydrogen-bond acceptors (Lipinski definition) is 4. The molecule has 0 saturated carbocycles. The number of hydrogen-bond donors (Lipinski definition) is 1. The maximum Gasteiger partial charge on any atom is 0.228 e. The molecule has 2 aromatic heterocycles. The van der Waals surface area contributed by atoms with Crippen molar-refractivity contribution in [3.05, 3.63) is 103 Å². The van der Waals surface area contributed by atoms with E-state index in [1.165, 1.54) is 0 Å². The van der Waals surface area contributed by atoms with Gasteiger partial charge in [0, 0.05) is 42.2 Å². The van der Waals surface area contributed by atoms with E-state index >= 15 is 0 Å². The van der Waals surface area contributed by atoms with E-state index < -0.39 is 0 Å². The number of methoxy groups -OCH3 is 1. The van der Waals surface area contributed by atoms with E-state index in [9.17, 15) is 4.79 Å². The van der Waals surface area contributed by atoms with Gasteiger partial charge in [0.15, 0.2) is 11.5 Å². The van der Waals surface area contributed by atoms with Gasteiger partial charge in [-0.25, -0.2) is 0 Å². The van der Waals surface area contributed by atoms with E-state index in [-0.39, 0.29) is 12.3 Å². The molecule has 0 saturated heterocycles.